The van der Waals surface area contributed by atoms with E-state index < -0.39 is 5.82 Å². The molecule has 2 aliphatic heterocycles. The van der Waals surface area contributed by atoms with Crippen molar-refractivity contribution in [2.75, 3.05) is 35.3 Å². The maximum absolute atomic E-state index is 13.5. The molecule has 0 spiro atoms. The second-order valence-electron chi connectivity index (χ2n) is 7.63. The Kier molecular flexibility index (Phi) is 4.82. The number of carbonyl (C=O) groups is 1. The second-order valence-corrected chi connectivity index (χ2v) is 7.63. The Hall–Kier alpha value is -3.81. The zero-order chi connectivity index (χ0) is 21.4. The van der Waals surface area contributed by atoms with Crippen molar-refractivity contribution in [2.45, 2.75) is 12.5 Å². The van der Waals surface area contributed by atoms with Gasteiger partial charge in [0.1, 0.15) is 5.82 Å². The number of urea groups is 1. The maximum atomic E-state index is 13.5. The van der Waals surface area contributed by atoms with Crippen molar-refractivity contribution >= 4 is 29.4 Å². The van der Waals surface area contributed by atoms with Gasteiger partial charge < -0.3 is 10.2 Å². The number of nitrogens with one attached hydrogen (secondary N) is 1. The molecule has 2 aromatic heterocycles. The Bertz CT molecular complexity index is 1180. The minimum atomic E-state index is -0.500. The van der Waals surface area contributed by atoms with Crippen LogP contribution in [0.2, 0.25) is 0 Å². The number of fused-ring (bicyclic) bond motifs is 4. The standard InChI is InChI=1S/C23H21FN6O/c1-25-11-15-3-2-4-16(9-15)20-5-6-21-22(28-20)30(19-7-8-29(21)14-19)23(31)27-18-10-17(24)12-26-13-18/h2-6,9-13,19H,7-8,14H2,1H3,(H,27,31)/b25-11+/t19-/m0/s1. The smallest absolute Gasteiger partial charge is 0.327 e. The van der Waals surface area contributed by atoms with Crippen LogP contribution in [0.25, 0.3) is 11.3 Å². The van der Waals surface area contributed by atoms with Crippen LogP contribution in [0.3, 0.4) is 0 Å². The lowest BCUT2D eigenvalue weighted by Crippen LogP contribution is -2.48. The first-order valence-electron chi connectivity index (χ1n) is 10.1. The zero-order valence-electron chi connectivity index (χ0n) is 17.0. The third-order valence-electron chi connectivity index (χ3n) is 5.59. The number of hydrogen-bond donors (Lipinski definition) is 1. The number of halogens is 1. The van der Waals surface area contributed by atoms with Gasteiger partial charge in [-0.3, -0.25) is 14.9 Å². The van der Waals surface area contributed by atoms with Crippen molar-refractivity contribution in [2.24, 2.45) is 4.99 Å². The summed E-state index contributed by atoms with van der Waals surface area (Å²) in [5.41, 5.74) is 3.95. The van der Waals surface area contributed by atoms with Gasteiger partial charge in [0.05, 0.1) is 35.5 Å². The number of benzene rings is 1. The van der Waals surface area contributed by atoms with Gasteiger partial charge in [-0.05, 0) is 30.2 Å². The number of pyridine rings is 2. The summed E-state index contributed by atoms with van der Waals surface area (Å²) in [5.74, 6) is 0.113. The number of nitrogens with zero attached hydrogens (tertiary/aromatic N) is 5. The van der Waals surface area contributed by atoms with Crippen LogP contribution in [0, 0.1) is 5.82 Å². The predicted octanol–water partition coefficient (Wildman–Crippen LogP) is 3.96. The molecule has 1 fully saturated rings. The molecular weight excluding hydrogens is 395 g/mol. The monoisotopic (exact) mass is 416 g/mol. The van der Waals surface area contributed by atoms with E-state index in [0.29, 0.717) is 11.5 Å². The normalized spacial score (nSPS) is 17.2. The third-order valence-corrected chi connectivity index (χ3v) is 5.59. The summed E-state index contributed by atoms with van der Waals surface area (Å²) in [6.45, 7) is 1.62. The van der Waals surface area contributed by atoms with E-state index in [-0.39, 0.29) is 12.1 Å². The van der Waals surface area contributed by atoms with E-state index in [1.54, 1.807) is 18.2 Å². The highest BCUT2D eigenvalue weighted by atomic mass is 19.1. The average molecular weight is 416 g/mol. The Morgan fingerprint density at radius 1 is 1.26 bits per heavy atom. The molecule has 1 aromatic carbocycles. The molecule has 31 heavy (non-hydrogen) atoms. The molecule has 2 amide bonds. The highest BCUT2D eigenvalue weighted by Gasteiger charge is 2.40. The molecular formula is C23H21FN6O. The molecule has 0 radical (unpaired) electrons. The lowest BCUT2D eigenvalue weighted by atomic mass is 10.1. The first-order valence-corrected chi connectivity index (χ1v) is 10.1. The quantitative estimate of drug-likeness (QED) is 0.656. The topological polar surface area (TPSA) is 73.7 Å². The van der Waals surface area contributed by atoms with Crippen LogP contribution >= 0.6 is 0 Å². The number of carbonyl (C=O) groups excluding carboxylic acids is 1. The van der Waals surface area contributed by atoms with E-state index in [4.69, 9.17) is 4.98 Å². The van der Waals surface area contributed by atoms with E-state index in [0.717, 1.165) is 48.2 Å². The zero-order valence-corrected chi connectivity index (χ0v) is 17.0. The van der Waals surface area contributed by atoms with Gasteiger partial charge in [0, 0.05) is 38.0 Å². The Morgan fingerprint density at radius 2 is 2.16 bits per heavy atom. The van der Waals surface area contributed by atoms with Gasteiger partial charge in [-0.1, -0.05) is 18.2 Å². The molecule has 1 saturated heterocycles. The molecule has 5 rings (SSSR count). The fourth-order valence-corrected chi connectivity index (χ4v) is 4.22. The molecule has 1 atom stereocenters. The molecule has 2 aliphatic rings. The molecule has 0 aliphatic carbocycles. The minimum absolute atomic E-state index is 0.00956. The number of anilines is 3. The summed E-state index contributed by atoms with van der Waals surface area (Å²) in [7, 11) is 1.73. The highest BCUT2D eigenvalue weighted by molar-refractivity contribution is 6.04. The largest absolute Gasteiger partial charge is 0.366 e. The van der Waals surface area contributed by atoms with Crippen molar-refractivity contribution in [1.82, 2.24) is 9.97 Å². The third kappa shape index (κ3) is 3.61. The molecule has 0 saturated carbocycles. The van der Waals surface area contributed by atoms with Gasteiger partial charge in [-0.15, -0.1) is 0 Å². The van der Waals surface area contributed by atoms with Crippen LogP contribution in [-0.4, -0.2) is 48.4 Å². The van der Waals surface area contributed by atoms with Crippen LogP contribution in [0.5, 0.6) is 0 Å². The fraction of sp³-hybridized carbons (Fsp3) is 0.217. The first-order chi connectivity index (χ1) is 15.1. The van der Waals surface area contributed by atoms with Crippen LogP contribution in [0.15, 0.2) is 59.9 Å². The van der Waals surface area contributed by atoms with Gasteiger partial charge in [0.15, 0.2) is 5.82 Å². The van der Waals surface area contributed by atoms with Crippen molar-refractivity contribution in [1.29, 1.82) is 0 Å². The van der Waals surface area contributed by atoms with Gasteiger partial charge in [0.2, 0.25) is 0 Å². The summed E-state index contributed by atoms with van der Waals surface area (Å²) in [6, 6.07) is 12.9. The van der Waals surface area contributed by atoms with E-state index in [9.17, 15) is 9.18 Å². The number of rotatable bonds is 3. The lowest BCUT2D eigenvalue weighted by Gasteiger charge is -2.35. The van der Waals surface area contributed by atoms with Crippen LogP contribution < -0.4 is 15.1 Å². The predicted molar refractivity (Wildman–Crippen MR) is 120 cm³/mol. The minimum Gasteiger partial charge on any atom is -0.366 e. The maximum Gasteiger partial charge on any atom is 0.327 e. The first kappa shape index (κ1) is 19.2. The summed E-state index contributed by atoms with van der Waals surface area (Å²) in [4.78, 5) is 29.9. The van der Waals surface area contributed by atoms with E-state index in [1.165, 1.54) is 12.3 Å². The van der Waals surface area contributed by atoms with Crippen molar-refractivity contribution in [3.63, 3.8) is 0 Å². The summed E-state index contributed by atoms with van der Waals surface area (Å²) >= 11 is 0. The summed E-state index contributed by atoms with van der Waals surface area (Å²) in [5, 5.41) is 2.77. The molecule has 156 valence electrons. The Labute approximate surface area is 179 Å². The van der Waals surface area contributed by atoms with E-state index >= 15 is 0 Å². The molecule has 4 heterocycles. The van der Waals surface area contributed by atoms with Crippen molar-refractivity contribution in [3.05, 3.63) is 66.2 Å². The molecule has 1 N–H and O–H groups in total. The lowest BCUT2D eigenvalue weighted by molar-refractivity contribution is 0.255. The molecule has 7 nitrogen and oxygen atoms in total. The molecule has 8 heteroatoms. The average Bonchev–Trinajstić information content (AvgIpc) is 3.18. The van der Waals surface area contributed by atoms with Gasteiger partial charge in [0.25, 0.3) is 0 Å². The van der Waals surface area contributed by atoms with Crippen molar-refractivity contribution < 1.29 is 9.18 Å². The number of amides is 2. The Morgan fingerprint density at radius 3 is 3.00 bits per heavy atom. The van der Waals surface area contributed by atoms with Gasteiger partial charge in [-0.25, -0.2) is 14.2 Å². The number of aromatic nitrogens is 2. The van der Waals surface area contributed by atoms with Crippen molar-refractivity contribution in [3.8, 4) is 11.3 Å². The summed E-state index contributed by atoms with van der Waals surface area (Å²) < 4.78 is 13.5. The van der Waals surface area contributed by atoms with E-state index in [1.807, 2.05) is 36.4 Å². The van der Waals surface area contributed by atoms with Crippen LogP contribution in [0.1, 0.15) is 12.0 Å². The fourth-order valence-electron chi connectivity index (χ4n) is 4.22. The SMILES string of the molecule is C/N=C/c1cccc(-c2ccc3c(n2)N(C(=O)Nc2cncc(F)c2)[C@H]2CCN3C2)c1. The number of aliphatic imine (C=N–C) groups is 1. The molecule has 0 unspecified atom stereocenters. The van der Waals surface area contributed by atoms with Gasteiger partial charge >= 0.3 is 6.03 Å². The van der Waals surface area contributed by atoms with Crippen LogP contribution in [-0.2, 0) is 0 Å². The second kappa shape index (κ2) is 7.79. The highest BCUT2D eigenvalue weighted by Crippen LogP contribution is 2.40. The Balaban J connectivity index is 1.52. The number of hydrogen-bond acceptors (Lipinski definition) is 5. The van der Waals surface area contributed by atoms with Gasteiger partial charge in [-0.2, -0.15) is 0 Å². The summed E-state index contributed by atoms with van der Waals surface area (Å²) in [6.07, 6.45) is 5.17. The van der Waals surface area contributed by atoms with Crippen LogP contribution in [0.4, 0.5) is 26.4 Å². The molecule has 2 bridgehead atoms. The molecule has 3 aromatic rings. The van der Waals surface area contributed by atoms with E-state index in [2.05, 4.69) is 20.2 Å².